The Morgan fingerprint density at radius 1 is 0.519 bits per heavy atom. The number of carbonyl (C=O) groups is 3. The monoisotopic (exact) mass is 742 g/mol. The fraction of sp³-hybridized carbons (Fsp3) is 0.372. The minimum absolute atomic E-state index is 0.172. The summed E-state index contributed by atoms with van der Waals surface area (Å²) >= 11 is 0. The van der Waals surface area contributed by atoms with E-state index in [1.807, 2.05) is 62.4 Å². The quantitative estimate of drug-likeness (QED) is 0.0636. The lowest BCUT2D eigenvalue weighted by Gasteiger charge is -2.23. The van der Waals surface area contributed by atoms with Gasteiger partial charge in [0.15, 0.2) is 11.6 Å². The van der Waals surface area contributed by atoms with Gasteiger partial charge in [-0.1, -0.05) is 24.3 Å². The first kappa shape index (κ1) is 41.1. The summed E-state index contributed by atoms with van der Waals surface area (Å²) in [5.74, 6) is 2.54. The lowest BCUT2D eigenvalue weighted by molar-refractivity contribution is 0.00552. The molecule has 0 aliphatic carbocycles. The maximum atomic E-state index is 13.8. The number of ether oxygens (including phenoxy) is 8. The Morgan fingerprint density at radius 3 is 1.20 bits per heavy atom. The van der Waals surface area contributed by atoms with Gasteiger partial charge < -0.3 is 37.9 Å². The van der Waals surface area contributed by atoms with Crippen molar-refractivity contribution in [1.82, 2.24) is 0 Å². The van der Waals surface area contributed by atoms with E-state index in [1.165, 1.54) is 14.2 Å². The summed E-state index contributed by atoms with van der Waals surface area (Å²) in [4.78, 5) is 41.1. The predicted octanol–water partition coefficient (Wildman–Crippen LogP) is 9.12. The molecule has 4 aromatic carbocycles. The largest absolute Gasteiger partial charge is 0.509 e. The smallest absolute Gasteiger partial charge is 0.497 e. The fourth-order valence-corrected chi connectivity index (χ4v) is 6.08. The Kier molecular flexibility index (Phi) is 15.2. The van der Waals surface area contributed by atoms with Gasteiger partial charge in [0.05, 0.1) is 52.8 Å². The molecule has 288 valence electrons. The SMILES string of the molecule is CCOc1cc(OC)c(C(=O)CCc2ccc(OC)cc2)c(C(C)OC(=O)OC(C)c2cc(OCC)cc(OC)c2C(=O)CCc2ccc(OC)cc2)c1. The zero-order valence-corrected chi connectivity index (χ0v) is 32.3. The second kappa shape index (κ2) is 19.9. The molecule has 0 heterocycles. The van der Waals surface area contributed by atoms with Gasteiger partial charge in [-0.15, -0.1) is 0 Å². The van der Waals surface area contributed by atoms with Crippen LogP contribution in [-0.4, -0.2) is 59.4 Å². The number of hydrogen-bond acceptors (Lipinski definition) is 11. The van der Waals surface area contributed by atoms with Crippen LogP contribution in [0, 0.1) is 0 Å². The minimum atomic E-state index is -1.01. The van der Waals surface area contributed by atoms with Crippen LogP contribution in [0.4, 0.5) is 4.79 Å². The van der Waals surface area contributed by atoms with Crippen LogP contribution in [0.3, 0.4) is 0 Å². The number of carbonyl (C=O) groups excluding carboxylic acids is 3. The van der Waals surface area contributed by atoms with Crippen molar-refractivity contribution >= 4 is 17.7 Å². The number of benzene rings is 4. The summed E-state index contributed by atoms with van der Waals surface area (Å²) in [5, 5.41) is 0. The van der Waals surface area contributed by atoms with Crippen molar-refractivity contribution in [3.05, 3.63) is 106 Å². The summed E-state index contributed by atoms with van der Waals surface area (Å²) in [6, 6.07) is 21.6. The summed E-state index contributed by atoms with van der Waals surface area (Å²) in [7, 11) is 6.13. The summed E-state index contributed by atoms with van der Waals surface area (Å²) in [6.45, 7) is 7.70. The van der Waals surface area contributed by atoms with Gasteiger partial charge in [-0.3, -0.25) is 9.59 Å². The first-order chi connectivity index (χ1) is 26.0. The molecular formula is C43H50O11. The first-order valence-electron chi connectivity index (χ1n) is 17.9. The second-order valence-electron chi connectivity index (χ2n) is 12.4. The highest BCUT2D eigenvalue weighted by molar-refractivity contribution is 6.01. The van der Waals surface area contributed by atoms with E-state index < -0.39 is 18.4 Å². The zero-order chi connectivity index (χ0) is 39.2. The number of aryl methyl sites for hydroxylation is 2. The highest BCUT2D eigenvalue weighted by Crippen LogP contribution is 2.38. The Balaban J connectivity index is 1.58. The molecule has 2 unspecified atom stereocenters. The molecular weight excluding hydrogens is 692 g/mol. The van der Waals surface area contributed by atoms with Crippen LogP contribution < -0.4 is 28.4 Å². The molecule has 2 atom stereocenters. The van der Waals surface area contributed by atoms with Crippen LogP contribution in [-0.2, 0) is 22.3 Å². The normalized spacial score (nSPS) is 11.9. The van der Waals surface area contributed by atoms with Crippen LogP contribution >= 0.6 is 0 Å². The molecule has 0 saturated heterocycles. The van der Waals surface area contributed by atoms with Gasteiger partial charge in [0, 0.05) is 36.1 Å². The van der Waals surface area contributed by atoms with Crippen LogP contribution in [0.25, 0.3) is 0 Å². The average molecular weight is 743 g/mol. The minimum Gasteiger partial charge on any atom is -0.497 e. The van der Waals surface area contributed by atoms with E-state index in [4.69, 9.17) is 37.9 Å². The Morgan fingerprint density at radius 2 is 0.889 bits per heavy atom. The molecule has 0 aliphatic heterocycles. The highest BCUT2D eigenvalue weighted by atomic mass is 16.7. The van der Waals surface area contributed by atoms with Crippen molar-refractivity contribution in [2.75, 3.05) is 41.7 Å². The molecule has 0 fully saturated rings. The third-order valence-electron chi connectivity index (χ3n) is 8.85. The molecule has 4 rings (SSSR count). The number of rotatable bonds is 20. The van der Waals surface area contributed by atoms with Gasteiger partial charge in [0.1, 0.15) is 46.7 Å². The van der Waals surface area contributed by atoms with Crippen molar-refractivity contribution in [2.24, 2.45) is 0 Å². The van der Waals surface area contributed by atoms with E-state index in [-0.39, 0.29) is 35.5 Å². The molecule has 0 aliphatic rings. The Hall–Kier alpha value is -5.71. The van der Waals surface area contributed by atoms with E-state index in [9.17, 15) is 14.4 Å². The lowest BCUT2D eigenvalue weighted by atomic mass is 9.94. The molecule has 0 bridgehead atoms. The number of hydrogen-bond donors (Lipinski definition) is 0. The van der Waals surface area contributed by atoms with E-state index in [0.717, 1.165) is 22.6 Å². The molecule has 11 heteroatoms. The molecule has 4 aromatic rings. The van der Waals surface area contributed by atoms with Gasteiger partial charge in [-0.2, -0.15) is 0 Å². The van der Waals surface area contributed by atoms with E-state index in [0.29, 0.717) is 60.2 Å². The van der Waals surface area contributed by atoms with E-state index in [2.05, 4.69) is 0 Å². The molecule has 54 heavy (non-hydrogen) atoms. The molecule has 0 amide bonds. The van der Waals surface area contributed by atoms with Crippen LogP contribution in [0.5, 0.6) is 34.5 Å². The van der Waals surface area contributed by atoms with Crippen molar-refractivity contribution < 1.29 is 52.3 Å². The third kappa shape index (κ3) is 10.7. The van der Waals surface area contributed by atoms with Gasteiger partial charge in [0.2, 0.25) is 0 Å². The van der Waals surface area contributed by atoms with Crippen LogP contribution in [0.2, 0.25) is 0 Å². The van der Waals surface area contributed by atoms with Gasteiger partial charge in [-0.25, -0.2) is 4.79 Å². The number of ketones is 2. The van der Waals surface area contributed by atoms with Gasteiger partial charge in [-0.05, 0) is 88.1 Å². The fourth-order valence-electron chi connectivity index (χ4n) is 6.08. The summed E-state index contributed by atoms with van der Waals surface area (Å²) in [6.07, 6.45) is -1.62. The molecule has 0 spiro atoms. The highest BCUT2D eigenvalue weighted by Gasteiger charge is 2.28. The van der Waals surface area contributed by atoms with E-state index >= 15 is 0 Å². The van der Waals surface area contributed by atoms with Crippen molar-refractivity contribution in [3.8, 4) is 34.5 Å². The average Bonchev–Trinajstić information content (AvgIpc) is 3.18. The molecule has 0 radical (unpaired) electrons. The van der Waals surface area contributed by atoms with Crippen LogP contribution in [0.15, 0.2) is 72.8 Å². The topological polar surface area (TPSA) is 125 Å². The van der Waals surface area contributed by atoms with Gasteiger partial charge >= 0.3 is 6.16 Å². The molecule has 0 N–H and O–H groups in total. The zero-order valence-electron chi connectivity index (χ0n) is 32.3. The summed E-state index contributed by atoms with van der Waals surface area (Å²) in [5.41, 5.74) is 3.28. The van der Waals surface area contributed by atoms with Gasteiger partial charge in [0.25, 0.3) is 0 Å². The maximum Gasteiger partial charge on any atom is 0.509 e. The Bertz CT molecular complexity index is 1730. The van der Waals surface area contributed by atoms with Crippen molar-refractivity contribution in [3.63, 3.8) is 0 Å². The molecule has 11 nitrogen and oxygen atoms in total. The van der Waals surface area contributed by atoms with E-state index in [1.54, 1.807) is 52.3 Å². The first-order valence-corrected chi connectivity index (χ1v) is 17.9. The predicted molar refractivity (Wildman–Crippen MR) is 204 cm³/mol. The van der Waals surface area contributed by atoms with Crippen molar-refractivity contribution in [1.29, 1.82) is 0 Å². The van der Waals surface area contributed by atoms with Crippen LogP contribution in [0.1, 0.15) is 95.7 Å². The summed E-state index contributed by atoms with van der Waals surface area (Å²) < 4.78 is 44.9. The lowest BCUT2D eigenvalue weighted by Crippen LogP contribution is -2.18. The number of methoxy groups -OCH3 is 4. The standard InChI is InChI=1S/C43H50O11/c1-9-51-33-23-35(41(39(25-33)49-7)37(44)21-15-29-11-17-31(47-5)18-12-29)27(3)53-43(46)54-28(4)36-24-34(52-10-2)26-40(50-8)42(36)38(45)22-16-30-13-19-32(48-6)20-14-30/h11-14,17-20,23-28H,9-10,15-16,21-22H2,1-8H3. The Labute approximate surface area is 317 Å². The molecule has 0 saturated carbocycles. The maximum absolute atomic E-state index is 13.8. The molecule has 0 aromatic heterocycles. The third-order valence-corrected chi connectivity index (χ3v) is 8.85. The second-order valence-corrected chi connectivity index (χ2v) is 12.4. The van der Waals surface area contributed by atoms with Crippen molar-refractivity contribution in [2.45, 2.75) is 65.6 Å². The number of Topliss-reactive ketones (excluding diaryl/α,β-unsaturated/α-hetero) is 2.